The number of carbonyl (C=O) groups is 5. The van der Waals surface area contributed by atoms with Gasteiger partial charge in [0.15, 0.2) is 6.61 Å². The molecule has 2 aliphatic heterocycles. The number of hydrogen-bond acceptors (Lipinski definition) is 13. The number of fused-ring (bicyclic) bond motifs is 1. The fraction of sp³-hybridized carbons (Fsp3) is 0.500. The summed E-state index contributed by atoms with van der Waals surface area (Å²) in [6.45, 7) is 0.665. The van der Waals surface area contributed by atoms with Gasteiger partial charge in [-0.3, -0.25) is 29.4 Å². The molecule has 3 atom stereocenters. The second kappa shape index (κ2) is 11.9. The molecule has 2 heterocycles. The standard InChI is InChI=1S/C22H24N2O12S/c1-13(25)33-10-16-17(20(28)36-12-35-14(2)26)23-18(27)15(19(23)37-16)6-9-32-21(29)34-11-22(24(30)31)7-4-3-5-8-22/h3-5,7,15,19H,6,8-12H2,1-2H3/t15?,19-,22?/m1/s1. The van der Waals surface area contributed by atoms with E-state index in [1.807, 2.05) is 0 Å². The van der Waals surface area contributed by atoms with Crippen LogP contribution in [0.1, 0.15) is 26.7 Å². The molecule has 2 unspecified atom stereocenters. The highest BCUT2D eigenvalue weighted by Crippen LogP contribution is 2.50. The maximum atomic E-state index is 12.8. The fourth-order valence-electron chi connectivity index (χ4n) is 3.66. The van der Waals surface area contributed by atoms with Crippen LogP contribution in [0, 0.1) is 16.0 Å². The number of nitrogens with zero attached hydrogens (tertiary/aromatic N) is 2. The predicted molar refractivity (Wildman–Crippen MR) is 123 cm³/mol. The molecule has 0 saturated carbocycles. The Hall–Kier alpha value is -3.88. The largest absolute Gasteiger partial charge is 0.508 e. The summed E-state index contributed by atoms with van der Waals surface area (Å²) >= 11 is 1.12. The summed E-state index contributed by atoms with van der Waals surface area (Å²) < 4.78 is 24.4. The zero-order valence-corrected chi connectivity index (χ0v) is 20.7. The molecule has 15 heteroatoms. The number of nitro groups is 1. The summed E-state index contributed by atoms with van der Waals surface area (Å²) in [7, 11) is 0. The van der Waals surface area contributed by atoms with Crippen molar-refractivity contribution in [2.24, 2.45) is 5.92 Å². The molecule has 0 spiro atoms. The molecule has 0 N–H and O–H groups in total. The zero-order valence-electron chi connectivity index (χ0n) is 19.9. The van der Waals surface area contributed by atoms with Crippen molar-refractivity contribution in [3.63, 3.8) is 0 Å². The topological polar surface area (TPSA) is 178 Å². The molecule has 200 valence electrons. The van der Waals surface area contributed by atoms with E-state index in [-0.39, 0.29) is 36.7 Å². The van der Waals surface area contributed by atoms with Crippen LogP contribution in [0.2, 0.25) is 0 Å². The van der Waals surface area contributed by atoms with Crippen LogP contribution >= 0.6 is 11.8 Å². The number of carbonyl (C=O) groups excluding carboxylic acids is 5. The maximum Gasteiger partial charge on any atom is 0.508 e. The van der Waals surface area contributed by atoms with Crippen molar-refractivity contribution < 1.29 is 52.6 Å². The highest BCUT2D eigenvalue weighted by molar-refractivity contribution is 8.04. The molecule has 0 bridgehead atoms. The molecule has 3 rings (SSSR count). The van der Waals surface area contributed by atoms with Crippen molar-refractivity contribution >= 4 is 41.7 Å². The van der Waals surface area contributed by atoms with Gasteiger partial charge in [-0.2, -0.15) is 0 Å². The fourth-order valence-corrected chi connectivity index (χ4v) is 5.10. The molecular weight excluding hydrogens is 516 g/mol. The normalized spacial score (nSPS) is 23.6. The van der Waals surface area contributed by atoms with Gasteiger partial charge in [-0.1, -0.05) is 30.0 Å². The van der Waals surface area contributed by atoms with Crippen LogP contribution in [0.3, 0.4) is 0 Å². The third-order valence-corrected chi connectivity index (χ3v) is 6.93. The number of rotatable bonds is 11. The number of amides is 1. The van der Waals surface area contributed by atoms with E-state index >= 15 is 0 Å². The number of thioether (sulfide) groups is 1. The summed E-state index contributed by atoms with van der Waals surface area (Å²) in [6, 6.07) is 0. The summed E-state index contributed by atoms with van der Waals surface area (Å²) in [6.07, 6.45) is 5.11. The Labute approximate surface area is 214 Å². The molecule has 37 heavy (non-hydrogen) atoms. The smallest absolute Gasteiger partial charge is 0.460 e. The van der Waals surface area contributed by atoms with Crippen LogP contribution in [0.4, 0.5) is 4.79 Å². The lowest BCUT2D eigenvalue weighted by molar-refractivity contribution is -0.557. The summed E-state index contributed by atoms with van der Waals surface area (Å²) in [4.78, 5) is 71.8. The first kappa shape index (κ1) is 27.7. The number of allylic oxidation sites excluding steroid dienone is 2. The average Bonchev–Trinajstić information content (AvgIpc) is 3.19. The lowest BCUT2D eigenvalue weighted by Gasteiger charge is -2.42. The monoisotopic (exact) mass is 540 g/mol. The Morgan fingerprint density at radius 1 is 1.11 bits per heavy atom. The minimum atomic E-state index is -1.57. The number of β-lactam (4-membered cyclic amide) rings is 1. The van der Waals surface area contributed by atoms with Crippen LogP contribution in [-0.4, -0.2) is 77.3 Å². The van der Waals surface area contributed by atoms with Gasteiger partial charge in [0.2, 0.25) is 12.7 Å². The molecule has 0 radical (unpaired) electrons. The SMILES string of the molecule is CC(=O)OCOC(=O)C1=C(COC(C)=O)S[C@@H]2C(CCOC(=O)OCC3([N+](=O)[O-])C=CC=CC3)C(=O)N12. The van der Waals surface area contributed by atoms with E-state index < -0.39 is 65.1 Å². The van der Waals surface area contributed by atoms with Gasteiger partial charge in [0.25, 0.3) is 5.54 Å². The molecule has 1 amide bonds. The van der Waals surface area contributed by atoms with Crippen LogP contribution in [-0.2, 0) is 42.9 Å². The second-order valence-corrected chi connectivity index (χ2v) is 9.30. The summed E-state index contributed by atoms with van der Waals surface area (Å²) in [5.74, 6) is -3.28. The molecule has 1 saturated heterocycles. The lowest BCUT2D eigenvalue weighted by Crippen LogP contribution is -2.57. The minimum Gasteiger partial charge on any atom is -0.460 e. The van der Waals surface area contributed by atoms with E-state index in [0.717, 1.165) is 18.7 Å². The van der Waals surface area contributed by atoms with Gasteiger partial charge in [0, 0.05) is 25.2 Å². The number of esters is 3. The predicted octanol–water partition coefficient (Wildman–Crippen LogP) is 1.43. The first-order valence-electron chi connectivity index (χ1n) is 11.0. The molecule has 1 fully saturated rings. The van der Waals surface area contributed by atoms with Crippen LogP contribution in [0.25, 0.3) is 0 Å². The quantitative estimate of drug-likeness (QED) is 0.0918. The Morgan fingerprint density at radius 3 is 2.46 bits per heavy atom. The third-order valence-electron chi connectivity index (χ3n) is 5.55. The van der Waals surface area contributed by atoms with Gasteiger partial charge >= 0.3 is 24.1 Å². The van der Waals surface area contributed by atoms with Crippen LogP contribution in [0.5, 0.6) is 0 Å². The van der Waals surface area contributed by atoms with Gasteiger partial charge in [-0.25, -0.2) is 9.59 Å². The molecule has 0 aromatic carbocycles. The maximum absolute atomic E-state index is 12.8. The zero-order chi connectivity index (χ0) is 27.2. The van der Waals surface area contributed by atoms with Crippen molar-refractivity contribution in [3.8, 4) is 0 Å². The van der Waals surface area contributed by atoms with E-state index in [4.69, 9.17) is 18.9 Å². The molecule has 3 aliphatic rings. The highest BCUT2D eigenvalue weighted by Gasteiger charge is 2.56. The van der Waals surface area contributed by atoms with Gasteiger partial charge in [-0.05, 0) is 12.5 Å². The molecule has 14 nitrogen and oxygen atoms in total. The Kier molecular flexibility index (Phi) is 8.91. The van der Waals surface area contributed by atoms with E-state index in [1.54, 1.807) is 12.2 Å². The second-order valence-electron chi connectivity index (χ2n) is 8.09. The molecular formula is C22H24N2O12S. The van der Waals surface area contributed by atoms with E-state index in [2.05, 4.69) is 4.74 Å². The van der Waals surface area contributed by atoms with Crippen molar-refractivity contribution in [1.82, 2.24) is 4.90 Å². The van der Waals surface area contributed by atoms with E-state index in [0.29, 0.717) is 0 Å². The summed E-state index contributed by atoms with van der Waals surface area (Å²) in [5, 5.41) is 10.9. The van der Waals surface area contributed by atoms with Gasteiger partial charge in [0.1, 0.15) is 12.3 Å². The van der Waals surface area contributed by atoms with Gasteiger partial charge in [0.05, 0.1) is 22.8 Å². The van der Waals surface area contributed by atoms with Crippen molar-refractivity contribution in [1.29, 1.82) is 0 Å². The van der Waals surface area contributed by atoms with Crippen molar-refractivity contribution in [2.75, 3.05) is 26.6 Å². The van der Waals surface area contributed by atoms with Crippen molar-refractivity contribution in [3.05, 3.63) is 45.0 Å². The lowest BCUT2D eigenvalue weighted by atomic mass is 9.93. The first-order valence-corrected chi connectivity index (χ1v) is 11.9. The Balaban J connectivity index is 1.52. The minimum absolute atomic E-state index is 0.0589. The number of hydrogen-bond donors (Lipinski definition) is 0. The van der Waals surface area contributed by atoms with Crippen LogP contribution < -0.4 is 0 Å². The van der Waals surface area contributed by atoms with Crippen molar-refractivity contribution in [2.45, 2.75) is 37.6 Å². The Bertz CT molecular complexity index is 1080. The van der Waals surface area contributed by atoms with Gasteiger partial charge in [-0.15, -0.1) is 0 Å². The first-order chi connectivity index (χ1) is 17.6. The van der Waals surface area contributed by atoms with Gasteiger partial charge < -0.3 is 23.7 Å². The third kappa shape index (κ3) is 6.47. The number of ether oxygens (including phenoxy) is 5. The molecule has 1 aliphatic carbocycles. The Morgan fingerprint density at radius 2 is 1.84 bits per heavy atom. The molecule has 0 aromatic rings. The van der Waals surface area contributed by atoms with E-state index in [9.17, 15) is 34.1 Å². The average molecular weight is 541 g/mol. The molecule has 0 aromatic heterocycles. The highest BCUT2D eigenvalue weighted by atomic mass is 32.2. The summed E-state index contributed by atoms with van der Waals surface area (Å²) in [5.41, 5.74) is -1.69. The van der Waals surface area contributed by atoms with E-state index in [1.165, 1.54) is 24.0 Å². The van der Waals surface area contributed by atoms with Crippen LogP contribution in [0.15, 0.2) is 34.9 Å².